The molecule has 0 fully saturated rings. The van der Waals surface area contributed by atoms with Crippen LogP contribution in [0.4, 0.5) is 0 Å². The van der Waals surface area contributed by atoms with Crippen LogP contribution in [0.25, 0.3) is 11.5 Å². The summed E-state index contributed by atoms with van der Waals surface area (Å²) in [7, 11) is 1.83. The van der Waals surface area contributed by atoms with Gasteiger partial charge in [-0.1, -0.05) is 5.16 Å². The van der Waals surface area contributed by atoms with Crippen molar-refractivity contribution in [3.05, 3.63) is 18.4 Å². The predicted octanol–water partition coefficient (Wildman–Crippen LogP) is 1.31. The normalized spacial score (nSPS) is 11.6. The lowest BCUT2D eigenvalue weighted by atomic mass is 9.94. The Kier molecular flexibility index (Phi) is 3.37. The van der Waals surface area contributed by atoms with Gasteiger partial charge in [0.1, 0.15) is 11.1 Å². The number of imidazole rings is 1. The number of esters is 1. The third kappa shape index (κ3) is 2.35. The van der Waals surface area contributed by atoms with Gasteiger partial charge in [-0.25, -0.2) is 4.98 Å². The second-order valence-corrected chi connectivity index (χ2v) is 4.66. The molecule has 0 aromatic carbocycles. The van der Waals surface area contributed by atoms with Crippen LogP contribution in [0.3, 0.4) is 0 Å². The van der Waals surface area contributed by atoms with E-state index in [-0.39, 0.29) is 5.89 Å². The molecule has 0 spiro atoms. The largest absolute Gasteiger partial charge is 0.465 e. The first-order valence-corrected chi connectivity index (χ1v) is 5.95. The summed E-state index contributed by atoms with van der Waals surface area (Å²) in [5.74, 6) is 0.227. The van der Waals surface area contributed by atoms with Gasteiger partial charge in [-0.05, 0) is 20.8 Å². The summed E-state index contributed by atoms with van der Waals surface area (Å²) in [6.07, 6.45) is 3.27. The van der Waals surface area contributed by atoms with Gasteiger partial charge in [0.25, 0.3) is 0 Å². The van der Waals surface area contributed by atoms with Crippen molar-refractivity contribution in [2.75, 3.05) is 6.61 Å². The van der Waals surface area contributed by atoms with Gasteiger partial charge >= 0.3 is 5.97 Å². The Morgan fingerprint density at radius 3 is 2.84 bits per heavy atom. The van der Waals surface area contributed by atoms with Crippen LogP contribution < -0.4 is 0 Å². The molecular formula is C12H16N4O3. The zero-order chi connectivity index (χ0) is 14.0. The fourth-order valence-corrected chi connectivity index (χ4v) is 1.55. The molecule has 0 aliphatic heterocycles. The summed E-state index contributed by atoms with van der Waals surface area (Å²) >= 11 is 0. The predicted molar refractivity (Wildman–Crippen MR) is 66.2 cm³/mol. The van der Waals surface area contributed by atoms with Gasteiger partial charge in [0.2, 0.25) is 11.7 Å². The Labute approximate surface area is 110 Å². The van der Waals surface area contributed by atoms with Crippen molar-refractivity contribution in [3.8, 4) is 11.5 Å². The molecule has 7 nitrogen and oxygen atoms in total. The highest BCUT2D eigenvalue weighted by Crippen LogP contribution is 2.25. The molecule has 2 aromatic rings. The van der Waals surface area contributed by atoms with Crippen molar-refractivity contribution in [3.63, 3.8) is 0 Å². The second kappa shape index (κ2) is 4.83. The Hall–Kier alpha value is -2.18. The second-order valence-electron chi connectivity index (χ2n) is 4.66. The summed E-state index contributed by atoms with van der Waals surface area (Å²) in [5, 5.41) is 3.87. The maximum atomic E-state index is 11.9. The van der Waals surface area contributed by atoms with E-state index < -0.39 is 11.4 Å². The summed E-state index contributed by atoms with van der Waals surface area (Å²) < 4.78 is 11.9. The van der Waals surface area contributed by atoms with Crippen LogP contribution in [0.2, 0.25) is 0 Å². The molecule has 2 rings (SSSR count). The topological polar surface area (TPSA) is 83.0 Å². The standard InChI is InChI=1S/C12H16N4O3/c1-5-18-11(17)12(2,3)10-14-9(15-19-10)8-6-13-7-16(8)4/h6-7H,5H2,1-4H3. The van der Waals surface area contributed by atoms with Crippen molar-refractivity contribution in [1.29, 1.82) is 0 Å². The smallest absolute Gasteiger partial charge is 0.321 e. The molecule has 0 unspecified atom stereocenters. The number of hydrogen-bond donors (Lipinski definition) is 0. The monoisotopic (exact) mass is 264 g/mol. The van der Waals surface area contributed by atoms with Gasteiger partial charge in [0.05, 0.1) is 19.1 Å². The van der Waals surface area contributed by atoms with Crippen LogP contribution in [0.1, 0.15) is 26.7 Å². The molecule has 0 saturated carbocycles. The van der Waals surface area contributed by atoms with Gasteiger partial charge in [-0.15, -0.1) is 0 Å². The van der Waals surface area contributed by atoms with Crippen molar-refractivity contribution in [2.45, 2.75) is 26.2 Å². The van der Waals surface area contributed by atoms with E-state index in [0.717, 1.165) is 5.69 Å². The molecule has 2 heterocycles. The maximum absolute atomic E-state index is 11.9. The number of carbonyl (C=O) groups excluding carboxylic acids is 1. The first kappa shape index (κ1) is 13.3. The van der Waals surface area contributed by atoms with Crippen molar-refractivity contribution >= 4 is 5.97 Å². The minimum atomic E-state index is -0.972. The zero-order valence-electron chi connectivity index (χ0n) is 11.4. The number of nitrogens with zero attached hydrogens (tertiary/aromatic N) is 4. The van der Waals surface area contributed by atoms with Crippen LogP contribution in [-0.2, 0) is 22.0 Å². The van der Waals surface area contributed by atoms with E-state index in [2.05, 4.69) is 15.1 Å². The van der Waals surface area contributed by atoms with Gasteiger partial charge in [0, 0.05) is 7.05 Å². The van der Waals surface area contributed by atoms with E-state index >= 15 is 0 Å². The summed E-state index contributed by atoms with van der Waals surface area (Å²) in [6.45, 7) is 5.44. The number of carbonyl (C=O) groups is 1. The van der Waals surface area contributed by atoms with Crippen LogP contribution in [0, 0.1) is 0 Å². The molecule has 0 aliphatic carbocycles. The molecule has 0 saturated heterocycles. The van der Waals surface area contributed by atoms with Crippen molar-refractivity contribution in [1.82, 2.24) is 19.7 Å². The van der Waals surface area contributed by atoms with E-state index in [4.69, 9.17) is 9.26 Å². The van der Waals surface area contributed by atoms with E-state index in [1.165, 1.54) is 0 Å². The van der Waals surface area contributed by atoms with E-state index in [0.29, 0.717) is 12.4 Å². The Balaban J connectivity index is 2.31. The van der Waals surface area contributed by atoms with Gasteiger partial charge in [0.15, 0.2) is 0 Å². The molecule has 102 valence electrons. The molecule has 0 bridgehead atoms. The van der Waals surface area contributed by atoms with Crippen LogP contribution >= 0.6 is 0 Å². The number of ether oxygens (including phenoxy) is 1. The third-order valence-electron chi connectivity index (χ3n) is 2.79. The number of aryl methyl sites for hydroxylation is 1. The molecule has 19 heavy (non-hydrogen) atoms. The highest BCUT2D eigenvalue weighted by Gasteiger charge is 2.37. The minimum absolute atomic E-state index is 0.224. The molecule has 2 aromatic heterocycles. The molecule has 0 atom stereocenters. The van der Waals surface area contributed by atoms with E-state index in [1.807, 2.05) is 7.05 Å². The molecule has 0 radical (unpaired) electrons. The lowest BCUT2D eigenvalue weighted by Gasteiger charge is -2.16. The fraction of sp³-hybridized carbons (Fsp3) is 0.500. The minimum Gasteiger partial charge on any atom is -0.465 e. The average Bonchev–Trinajstić information content (AvgIpc) is 2.97. The highest BCUT2D eigenvalue weighted by molar-refractivity contribution is 5.80. The maximum Gasteiger partial charge on any atom is 0.321 e. The summed E-state index contributed by atoms with van der Waals surface area (Å²) in [5.41, 5.74) is -0.255. The molecule has 7 heteroatoms. The van der Waals surface area contributed by atoms with Gasteiger partial charge in [-0.3, -0.25) is 4.79 Å². The summed E-state index contributed by atoms with van der Waals surface area (Å²) in [6, 6.07) is 0. The Morgan fingerprint density at radius 1 is 1.53 bits per heavy atom. The quantitative estimate of drug-likeness (QED) is 0.774. The SMILES string of the molecule is CCOC(=O)C(C)(C)c1nc(-c2cncn2C)no1. The molecule has 0 amide bonds. The third-order valence-corrected chi connectivity index (χ3v) is 2.79. The lowest BCUT2D eigenvalue weighted by Crippen LogP contribution is -2.31. The van der Waals surface area contributed by atoms with Crippen molar-refractivity contribution in [2.24, 2.45) is 7.05 Å². The fourth-order valence-electron chi connectivity index (χ4n) is 1.55. The molecule has 0 N–H and O–H groups in total. The van der Waals surface area contributed by atoms with Crippen LogP contribution in [-0.4, -0.2) is 32.3 Å². The van der Waals surface area contributed by atoms with E-state index in [9.17, 15) is 4.79 Å². The zero-order valence-corrected chi connectivity index (χ0v) is 11.4. The Morgan fingerprint density at radius 2 is 2.26 bits per heavy atom. The summed E-state index contributed by atoms with van der Waals surface area (Å²) in [4.78, 5) is 20.1. The average molecular weight is 264 g/mol. The van der Waals surface area contributed by atoms with Gasteiger partial charge in [-0.2, -0.15) is 4.98 Å². The van der Waals surface area contributed by atoms with Crippen LogP contribution in [0.5, 0.6) is 0 Å². The number of aromatic nitrogens is 4. The van der Waals surface area contributed by atoms with E-state index in [1.54, 1.807) is 37.9 Å². The van der Waals surface area contributed by atoms with Crippen LogP contribution in [0.15, 0.2) is 17.0 Å². The molecule has 0 aliphatic rings. The van der Waals surface area contributed by atoms with Gasteiger partial charge < -0.3 is 13.8 Å². The Bertz CT molecular complexity index is 585. The first-order chi connectivity index (χ1) is 8.96. The van der Waals surface area contributed by atoms with Crippen molar-refractivity contribution < 1.29 is 14.1 Å². The molecular weight excluding hydrogens is 248 g/mol. The lowest BCUT2D eigenvalue weighted by molar-refractivity contribution is -0.149. The number of hydrogen-bond acceptors (Lipinski definition) is 6. The first-order valence-electron chi connectivity index (χ1n) is 5.95. The number of rotatable bonds is 4. The highest BCUT2D eigenvalue weighted by atomic mass is 16.5.